The quantitative estimate of drug-likeness (QED) is 0.812. The Morgan fingerprint density at radius 1 is 1.41 bits per heavy atom. The molecule has 3 heteroatoms. The Morgan fingerprint density at radius 3 is 2.65 bits per heavy atom. The van der Waals surface area contributed by atoms with Crippen LogP contribution in [0.2, 0.25) is 0 Å². The summed E-state index contributed by atoms with van der Waals surface area (Å²) in [6.07, 6.45) is 3.34. The first kappa shape index (κ1) is 13.3. The Labute approximate surface area is 102 Å². The van der Waals surface area contributed by atoms with Crippen LogP contribution in [0.5, 0.6) is 5.75 Å². The molecule has 1 rings (SSSR count). The van der Waals surface area contributed by atoms with Crippen LogP contribution in [-0.2, 0) is 4.79 Å². The lowest BCUT2D eigenvalue weighted by Crippen LogP contribution is -2.28. The lowest BCUT2D eigenvalue weighted by molar-refractivity contribution is -0.116. The van der Waals surface area contributed by atoms with Gasteiger partial charge in [0.25, 0.3) is 0 Å². The molecule has 17 heavy (non-hydrogen) atoms. The Kier molecular flexibility index (Phi) is 4.76. The van der Waals surface area contributed by atoms with E-state index in [0.29, 0.717) is 0 Å². The molecule has 1 aromatic carbocycles. The summed E-state index contributed by atoms with van der Waals surface area (Å²) in [4.78, 5) is 11.4. The Balaban J connectivity index is 2.72. The normalized spacial score (nSPS) is 10.9. The number of benzene rings is 1. The highest BCUT2D eigenvalue weighted by Crippen LogP contribution is 2.18. The summed E-state index contributed by atoms with van der Waals surface area (Å²) in [5.74, 6) is 0.780. The SMILES string of the molecule is COc1ccc(C=CC(=O)NC(C)C)cc1C. The molecule has 0 fully saturated rings. The van der Waals surface area contributed by atoms with E-state index < -0.39 is 0 Å². The summed E-state index contributed by atoms with van der Waals surface area (Å²) in [6.45, 7) is 5.84. The number of carbonyl (C=O) groups excluding carboxylic acids is 1. The first-order valence-electron chi connectivity index (χ1n) is 5.66. The number of methoxy groups -OCH3 is 1. The zero-order chi connectivity index (χ0) is 12.8. The molecule has 0 atom stereocenters. The highest BCUT2D eigenvalue weighted by Gasteiger charge is 1.99. The van der Waals surface area contributed by atoms with Crippen LogP contribution in [0.3, 0.4) is 0 Å². The van der Waals surface area contributed by atoms with Gasteiger partial charge in [0.2, 0.25) is 5.91 Å². The van der Waals surface area contributed by atoms with Gasteiger partial charge in [-0.2, -0.15) is 0 Å². The number of rotatable bonds is 4. The second-order valence-corrected chi connectivity index (χ2v) is 4.23. The smallest absolute Gasteiger partial charge is 0.244 e. The molecule has 1 aromatic rings. The maximum absolute atomic E-state index is 11.4. The number of hydrogen-bond donors (Lipinski definition) is 1. The predicted octanol–water partition coefficient (Wildman–Crippen LogP) is 2.54. The molecule has 1 amide bonds. The highest BCUT2D eigenvalue weighted by molar-refractivity contribution is 5.91. The van der Waals surface area contributed by atoms with Crippen molar-refractivity contribution in [3.05, 3.63) is 35.4 Å². The molecular weight excluding hydrogens is 214 g/mol. The fourth-order valence-corrected chi connectivity index (χ4v) is 1.51. The number of nitrogens with one attached hydrogen (secondary N) is 1. The maximum Gasteiger partial charge on any atom is 0.244 e. The van der Waals surface area contributed by atoms with E-state index in [1.54, 1.807) is 19.3 Å². The molecule has 92 valence electrons. The Bertz CT molecular complexity index is 422. The van der Waals surface area contributed by atoms with Gasteiger partial charge in [0, 0.05) is 12.1 Å². The lowest BCUT2D eigenvalue weighted by Gasteiger charge is -2.06. The second-order valence-electron chi connectivity index (χ2n) is 4.23. The number of amides is 1. The third kappa shape index (κ3) is 4.31. The molecule has 0 radical (unpaired) electrons. The molecule has 0 saturated heterocycles. The summed E-state index contributed by atoms with van der Waals surface area (Å²) in [5, 5.41) is 2.80. The molecule has 1 N–H and O–H groups in total. The second kappa shape index (κ2) is 6.09. The Hall–Kier alpha value is -1.77. The molecule has 0 saturated carbocycles. The molecule has 0 aliphatic rings. The van der Waals surface area contributed by atoms with Gasteiger partial charge in [-0.15, -0.1) is 0 Å². The molecule has 0 aromatic heterocycles. The summed E-state index contributed by atoms with van der Waals surface area (Å²) in [5.41, 5.74) is 2.04. The van der Waals surface area contributed by atoms with Gasteiger partial charge in [0.1, 0.15) is 5.75 Å². The minimum absolute atomic E-state index is 0.0755. The third-order valence-electron chi connectivity index (χ3n) is 2.28. The van der Waals surface area contributed by atoms with Gasteiger partial charge in [-0.25, -0.2) is 0 Å². The van der Waals surface area contributed by atoms with Crippen LogP contribution in [0.4, 0.5) is 0 Å². The zero-order valence-electron chi connectivity index (χ0n) is 10.8. The molecule has 0 aliphatic heterocycles. The van der Waals surface area contributed by atoms with Crippen molar-refractivity contribution in [3.8, 4) is 5.75 Å². The van der Waals surface area contributed by atoms with Crippen molar-refractivity contribution in [3.63, 3.8) is 0 Å². The average Bonchev–Trinajstić information content (AvgIpc) is 2.25. The van der Waals surface area contributed by atoms with Gasteiger partial charge in [0.15, 0.2) is 0 Å². The third-order valence-corrected chi connectivity index (χ3v) is 2.28. The molecule has 0 spiro atoms. The van der Waals surface area contributed by atoms with Crippen LogP contribution in [0.1, 0.15) is 25.0 Å². The van der Waals surface area contributed by atoms with E-state index in [4.69, 9.17) is 4.74 Å². The van der Waals surface area contributed by atoms with Gasteiger partial charge in [0.05, 0.1) is 7.11 Å². The van der Waals surface area contributed by atoms with E-state index in [1.165, 1.54) is 0 Å². The van der Waals surface area contributed by atoms with E-state index in [-0.39, 0.29) is 11.9 Å². The van der Waals surface area contributed by atoms with Gasteiger partial charge in [-0.1, -0.05) is 6.07 Å². The fourth-order valence-electron chi connectivity index (χ4n) is 1.51. The minimum atomic E-state index is -0.0755. The Morgan fingerprint density at radius 2 is 2.12 bits per heavy atom. The van der Waals surface area contributed by atoms with Crippen LogP contribution in [0, 0.1) is 6.92 Å². The van der Waals surface area contributed by atoms with E-state index in [9.17, 15) is 4.79 Å². The topological polar surface area (TPSA) is 38.3 Å². The van der Waals surface area contributed by atoms with Gasteiger partial charge < -0.3 is 10.1 Å². The maximum atomic E-state index is 11.4. The van der Waals surface area contributed by atoms with Crippen LogP contribution >= 0.6 is 0 Å². The van der Waals surface area contributed by atoms with E-state index in [1.807, 2.05) is 39.0 Å². The summed E-state index contributed by atoms with van der Waals surface area (Å²) in [6, 6.07) is 5.96. The van der Waals surface area contributed by atoms with Gasteiger partial charge in [-0.05, 0) is 50.1 Å². The molecule has 0 unspecified atom stereocenters. The van der Waals surface area contributed by atoms with Crippen molar-refractivity contribution in [1.29, 1.82) is 0 Å². The number of ether oxygens (including phenoxy) is 1. The number of aryl methyl sites for hydroxylation is 1. The van der Waals surface area contributed by atoms with Crippen LogP contribution in [0.15, 0.2) is 24.3 Å². The first-order chi connectivity index (χ1) is 8.02. The van der Waals surface area contributed by atoms with E-state index in [2.05, 4.69) is 5.32 Å². The van der Waals surface area contributed by atoms with Crippen molar-refractivity contribution in [2.45, 2.75) is 26.8 Å². The first-order valence-corrected chi connectivity index (χ1v) is 5.66. The predicted molar refractivity (Wildman–Crippen MR) is 70.0 cm³/mol. The number of carbonyl (C=O) groups is 1. The highest BCUT2D eigenvalue weighted by atomic mass is 16.5. The monoisotopic (exact) mass is 233 g/mol. The van der Waals surface area contributed by atoms with E-state index in [0.717, 1.165) is 16.9 Å². The molecule has 0 heterocycles. The number of hydrogen-bond acceptors (Lipinski definition) is 2. The van der Waals surface area contributed by atoms with Crippen molar-refractivity contribution in [2.24, 2.45) is 0 Å². The zero-order valence-corrected chi connectivity index (χ0v) is 10.8. The van der Waals surface area contributed by atoms with Crippen molar-refractivity contribution >= 4 is 12.0 Å². The van der Waals surface area contributed by atoms with Crippen molar-refractivity contribution < 1.29 is 9.53 Å². The lowest BCUT2D eigenvalue weighted by atomic mass is 10.1. The molecule has 3 nitrogen and oxygen atoms in total. The molecule has 0 aliphatic carbocycles. The average molecular weight is 233 g/mol. The molecular formula is C14H19NO2. The van der Waals surface area contributed by atoms with E-state index >= 15 is 0 Å². The summed E-state index contributed by atoms with van der Waals surface area (Å²) in [7, 11) is 1.65. The van der Waals surface area contributed by atoms with Crippen molar-refractivity contribution in [2.75, 3.05) is 7.11 Å². The standard InChI is InChI=1S/C14H19NO2/c1-10(2)15-14(16)8-6-12-5-7-13(17-4)11(3)9-12/h5-10H,1-4H3,(H,15,16). The summed E-state index contributed by atoms with van der Waals surface area (Å²) < 4.78 is 5.17. The van der Waals surface area contributed by atoms with Crippen LogP contribution in [0.25, 0.3) is 6.08 Å². The summed E-state index contributed by atoms with van der Waals surface area (Å²) >= 11 is 0. The van der Waals surface area contributed by atoms with Crippen LogP contribution in [-0.4, -0.2) is 19.1 Å². The largest absolute Gasteiger partial charge is 0.496 e. The molecule has 0 bridgehead atoms. The van der Waals surface area contributed by atoms with Gasteiger partial charge in [-0.3, -0.25) is 4.79 Å². The van der Waals surface area contributed by atoms with Crippen molar-refractivity contribution in [1.82, 2.24) is 5.32 Å². The fraction of sp³-hybridized carbons (Fsp3) is 0.357. The minimum Gasteiger partial charge on any atom is -0.496 e. The van der Waals surface area contributed by atoms with Crippen LogP contribution < -0.4 is 10.1 Å². The van der Waals surface area contributed by atoms with Gasteiger partial charge >= 0.3 is 0 Å².